The maximum absolute atomic E-state index is 5.92. The Kier molecular flexibility index (Phi) is 5.64. The van der Waals surface area contributed by atoms with Gasteiger partial charge in [-0.1, -0.05) is 53.7 Å². The lowest BCUT2D eigenvalue weighted by Gasteiger charge is -2.30. The molecule has 0 saturated heterocycles. The highest BCUT2D eigenvalue weighted by molar-refractivity contribution is 5.31. The van der Waals surface area contributed by atoms with Crippen molar-refractivity contribution in [3.05, 3.63) is 29.8 Å². The van der Waals surface area contributed by atoms with Crippen molar-refractivity contribution in [2.75, 3.05) is 13.7 Å². The Morgan fingerprint density at radius 2 is 1.60 bits per heavy atom. The summed E-state index contributed by atoms with van der Waals surface area (Å²) in [5.74, 6) is 0.949. The van der Waals surface area contributed by atoms with Crippen molar-refractivity contribution in [3.63, 3.8) is 0 Å². The molecule has 0 amide bonds. The standard InChI is InChI=1S/C18H31NO/c1-8-18(5,6)14-9-11-15(12-10-14)20-13-16(19-7)17(2,3)4/h9-12,16,19H,8,13H2,1-7H3. The maximum Gasteiger partial charge on any atom is 0.119 e. The second-order valence-electron chi connectivity index (χ2n) is 7.28. The molecule has 1 aromatic rings. The van der Waals surface area contributed by atoms with Crippen LogP contribution in [0, 0.1) is 5.41 Å². The maximum atomic E-state index is 5.92. The number of hydrogen-bond acceptors (Lipinski definition) is 2. The molecule has 1 unspecified atom stereocenters. The molecule has 1 rings (SSSR count). The molecule has 0 aromatic heterocycles. The number of benzene rings is 1. The van der Waals surface area contributed by atoms with Crippen molar-refractivity contribution in [3.8, 4) is 5.75 Å². The molecule has 1 N–H and O–H groups in total. The van der Waals surface area contributed by atoms with Gasteiger partial charge in [0, 0.05) is 6.04 Å². The van der Waals surface area contributed by atoms with E-state index in [9.17, 15) is 0 Å². The zero-order valence-electron chi connectivity index (χ0n) is 14.2. The number of nitrogens with one attached hydrogen (secondary N) is 1. The normalized spacial score (nSPS) is 14.2. The average Bonchev–Trinajstić information content (AvgIpc) is 2.38. The van der Waals surface area contributed by atoms with Crippen molar-refractivity contribution in [1.29, 1.82) is 0 Å². The molecule has 0 saturated carbocycles. The van der Waals surface area contributed by atoms with Crippen molar-refractivity contribution in [2.45, 2.75) is 59.4 Å². The molecule has 0 aliphatic rings. The first kappa shape index (κ1) is 17.0. The first-order valence-electron chi connectivity index (χ1n) is 7.61. The molecule has 0 bridgehead atoms. The van der Waals surface area contributed by atoms with Gasteiger partial charge in [0.1, 0.15) is 12.4 Å². The number of likely N-dealkylation sites (N-methyl/N-ethyl adjacent to an activating group) is 1. The fraction of sp³-hybridized carbons (Fsp3) is 0.667. The van der Waals surface area contributed by atoms with Crippen LogP contribution in [0.25, 0.3) is 0 Å². The zero-order chi connectivity index (χ0) is 15.4. The smallest absolute Gasteiger partial charge is 0.119 e. The molecular weight excluding hydrogens is 246 g/mol. The van der Waals surface area contributed by atoms with Gasteiger partial charge < -0.3 is 10.1 Å². The molecule has 2 heteroatoms. The minimum Gasteiger partial charge on any atom is -0.492 e. The monoisotopic (exact) mass is 277 g/mol. The van der Waals surface area contributed by atoms with Gasteiger partial charge in [-0.2, -0.15) is 0 Å². The second-order valence-corrected chi connectivity index (χ2v) is 7.28. The third-order valence-corrected chi connectivity index (χ3v) is 4.33. The van der Waals surface area contributed by atoms with Crippen LogP contribution in [0.1, 0.15) is 53.5 Å². The Bertz CT molecular complexity index is 400. The van der Waals surface area contributed by atoms with E-state index in [4.69, 9.17) is 4.74 Å². The van der Waals surface area contributed by atoms with Gasteiger partial charge >= 0.3 is 0 Å². The summed E-state index contributed by atoms with van der Waals surface area (Å²) in [6, 6.07) is 8.88. The summed E-state index contributed by atoms with van der Waals surface area (Å²) in [4.78, 5) is 0. The van der Waals surface area contributed by atoms with E-state index in [-0.39, 0.29) is 10.8 Å². The summed E-state index contributed by atoms with van der Waals surface area (Å²) >= 11 is 0. The highest BCUT2D eigenvalue weighted by Crippen LogP contribution is 2.28. The van der Waals surface area contributed by atoms with Crippen LogP contribution in [0.2, 0.25) is 0 Å². The van der Waals surface area contributed by atoms with Gasteiger partial charge in [0.2, 0.25) is 0 Å². The van der Waals surface area contributed by atoms with E-state index in [0.29, 0.717) is 12.6 Å². The van der Waals surface area contributed by atoms with E-state index in [1.54, 1.807) is 0 Å². The largest absolute Gasteiger partial charge is 0.492 e. The summed E-state index contributed by atoms with van der Waals surface area (Å²) < 4.78 is 5.92. The zero-order valence-corrected chi connectivity index (χ0v) is 14.2. The van der Waals surface area contributed by atoms with Crippen LogP contribution in [-0.2, 0) is 5.41 Å². The molecule has 0 radical (unpaired) electrons. The van der Waals surface area contributed by atoms with Crippen molar-refractivity contribution < 1.29 is 4.74 Å². The Morgan fingerprint density at radius 1 is 1.05 bits per heavy atom. The predicted octanol–water partition coefficient (Wildman–Crippen LogP) is 4.39. The Morgan fingerprint density at radius 3 is 2.00 bits per heavy atom. The molecule has 0 aliphatic carbocycles. The van der Waals surface area contributed by atoms with E-state index in [0.717, 1.165) is 12.2 Å². The van der Waals surface area contributed by atoms with Crippen LogP contribution < -0.4 is 10.1 Å². The van der Waals surface area contributed by atoms with Crippen LogP contribution in [0.5, 0.6) is 5.75 Å². The van der Waals surface area contributed by atoms with Crippen LogP contribution in [0.15, 0.2) is 24.3 Å². The van der Waals surface area contributed by atoms with E-state index in [2.05, 4.69) is 71.1 Å². The molecule has 2 nitrogen and oxygen atoms in total. The Balaban J connectivity index is 2.67. The lowest BCUT2D eigenvalue weighted by atomic mass is 9.82. The minimum atomic E-state index is 0.193. The van der Waals surface area contributed by atoms with Crippen LogP contribution in [0.3, 0.4) is 0 Å². The highest BCUT2D eigenvalue weighted by Gasteiger charge is 2.23. The van der Waals surface area contributed by atoms with Crippen LogP contribution in [0.4, 0.5) is 0 Å². The Labute approximate surface area is 124 Å². The molecule has 1 atom stereocenters. The number of rotatable bonds is 6. The summed E-state index contributed by atoms with van der Waals surface area (Å²) in [6.07, 6.45) is 1.14. The van der Waals surface area contributed by atoms with Gasteiger partial charge in [-0.25, -0.2) is 0 Å². The first-order valence-corrected chi connectivity index (χ1v) is 7.61. The van der Waals surface area contributed by atoms with Crippen molar-refractivity contribution in [1.82, 2.24) is 5.32 Å². The topological polar surface area (TPSA) is 21.3 Å². The van der Waals surface area contributed by atoms with E-state index < -0.39 is 0 Å². The average molecular weight is 277 g/mol. The quantitative estimate of drug-likeness (QED) is 0.833. The number of ether oxygens (including phenoxy) is 1. The predicted molar refractivity (Wildman–Crippen MR) is 87.6 cm³/mol. The molecule has 0 heterocycles. The Hall–Kier alpha value is -1.02. The lowest BCUT2D eigenvalue weighted by Crippen LogP contribution is -2.42. The van der Waals surface area contributed by atoms with Crippen LogP contribution in [-0.4, -0.2) is 19.7 Å². The van der Waals surface area contributed by atoms with Gasteiger partial charge in [-0.3, -0.25) is 0 Å². The number of hydrogen-bond donors (Lipinski definition) is 1. The van der Waals surface area contributed by atoms with Gasteiger partial charge in [-0.15, -0.1) is 0 Å². The summed E-state index contributed by atoms with van der Waals surface area (Å²) in [7, 11) is 1.99. The molecule has 114 valence electrons. The van der Waals surface area contributed by atoms with E-state index in [1.165, 1.54) is 5.56 Å². The SMILES string of the molecule is CCC(C)(C)c1ccc(OCC(NC)C(C)(C)C)cc1. The molecule has 0 fully saturated rings. The summed E-state index contributed by atoms with van der Waals surface area (Å²) in [5, 5.41) is 3.33. The van der Waals surface area contributed by atoms with E-state index in [1.807, 2.05) is 7.05 Å². The highest BCUT2D eigenvalue weighted by atomic mass is 16.5. The fourth-order valence-electron chi connectivity index (χ4n) is 2.15. The molecule has 0 aliphatic heterocycles. The minimum absolute atomic E-state index is 0.193. The first-order chi connectivity index (χ1) is 9.20. The second kappa shape index (κ2) is 6.62. The van der Waals surface area contributed by atoms with Gasteiger partial charge in [0.15, 0.2) is 0 Å². The van der Waals surface area contributed by atoms with Crippen molar-refractivity contribution >= 4 is 0 Å². The summed E-state index contributed by atoms with van der Waals surface area (Å²) in [5.41, 5.74) is 1.80. The third-order valence-electron chi connectivity index (χ3n) is 4.33. The summed E-state index contributed by atoms with van der Waals surface area (Å²) in [6.45, 7) is 14.2. The lowest BCUT2D eigenvalue weighted by molar-refractivity contribution is 0.181. The molecular formula is C18H31NO. The molecule has 1 aromatic carbocycles. The third kappa shape index (κ3) is 4.52. The van der Waals surface area contributed by atoms with E-state index >= 15 is 0 Å². The fourth-order valence-corrected chi connectivity index (χ4v) is 2.15. The van der Waals surface area contributed by atoms with Gasteiger partial charge in [0.05, 0.1) is 0 Å². The molecule has 0 spiro atoms. The van der Waals surface area contributed by atoms with Gasteiger partial charge in [0.25, 0.3) is 0 Å². The van der Waals surface area contributed by atoms with Crippen LogP contribution >= 0.6 is 0 Å². The van der Waals surface area contributed by atoms with Crippen molar-refractivity contribution in [2.24, 2.45) is 5.41 Å². The van der Waals surface area contributed by atoms with Gasteiger partial charge in [-0.05, 0) is 42.0 Å². The molecule has 20 heavy (non-hydrogen) atoms.